The van der Waals surface area contributed by atoms with Crippen molar-refractivity contribution in [3.05, 3.63) is 109 Å². The van der Waals surface area contributed by atoms with E-state index in [0.29, 0.717) is 30.2 Å². The molecule has 4 aliphatic rings. The van der Waals surface area contributed by atoms with Crippen LogP contribution >= 0.6 is 0 Å². The number of esters is 2. The Bertz CT molecular complexity index is 2570. The number of fused-ring (bicyclic) bond motifs is 2. The van der Waals surface area contributed by atoms with Gasteiger partial charge in [-0.2, -0.15) is 0 Å². The number of nitrogens with zero attached hydrogens (tertiary/aromatic N) is 4. The lowest BCUT2D eigenvalue weighted by Gasteiger charge is -2.25. The summed E-state index contributed by atoms with van der Waals surface area (Å²) < 4.78 is 15.2. The third kappa shape index (κ3) is 11.5. The zero-order chi connectivity index (χ0) is 46.7. The summed E-state index contributed by atoms with van der Waals surface area (Å²) in [5, 5.41) is 18.3. The number of aromatic nitrogens is 2. The van der Waals surface area contributed by atoms with Gasteiger partial charge in [-0.3, -0.25) is 48.3 Å². The number of ether oxygens (including phenoxy) is 3. The van der Waals surface area contributed by atoms with Crippen LogP contribution in [0.1, 0.15) is 66.4 Å². The quantitative estimate of drug-likeness (QED) is 0.122. The highest BCUT2D eigenvalue weighted by Gasteiger charge is 2.38. The first-order chi connectivity index (χ1) is 31.9. The molecule has 4 aromatic rings. The number of amides is 4. The number of aliphatic hydroxyl groups excluding tert-OH is 1. The Morgan fingerprint density at radius 3 is 1.62 bits per heavy atom. The summed E-state index contributed by atoms with van der Waals surface area (Å²) in [4.78, 5) is 111. The summed E-state index contributed by atoms with van der Waals surface area (Å²) in [5.74, 6) is -4.04. The standard InChI is InChI=1S/C25H27N3O6.C23H23N3O6/c1-2-33-25-17(14-21(30)34-25)13-18(29)15-28-12-6-5-9-20(24(28)32)27-23(31)22-19-8-4-3-7-16(19)10-11-26-22;27-16(11-15-12-19(28)32-23(15)31)13-26-10-4-3-7-18(22(26)30)25-21(29)20-17-6-2-1-5-14(17)8-9-24-20/h3-8,10-11,17,20,25H,2,9,12-15H2,1H3,(H,27,31);1-6,8-9,15,18,23,31H,7,10-13H2,(H,25,29)/t17-,20-,25?;15-,18-,23?/m00/s1. The summed E-state index contributed by atoms with van der Waals surface area (Å²) in [6.07, 6.45) is 8.94. The summed E-state index contributed by atoms with van der Waals surface area (Å²) >= 11 is 0. The van der Waals surface area contributed by atoms with Crippen LogP contribution in [0, 0.1) is 11.8 Å². The van der Waals surface area contributed by atoms with Crippen molar-refractivity contribution in [1.82, 2.24) is 30.4 Å². The van der Waals surface area contributed by atoms with Gasteiger partial charge in [0.2, 0.25) is 24.4 Å². The van der Waals surface area contributed by atoms with Crippen LogP contribution in [0.2, 0.25) is 0 Å². The van der Waals surface area contributed by atoms with Gasteiger partial charge >= 0.3 is 11.9 Å². The molecule has 2 aromatic heterocycles. The van der Waals surface area contributed by atoms with Crippen LogP contribution in [0.3, 0.4) is 0 Å². The molecule has 0 spiro atoms. The van der Waals surface area contributed by atoms with Gasteiger partial charge in [-0.15, -0.1) is 0 Å². The third-order valence-electron chi connectivity index (χ3n) is 11.5. The van der Waals surface area contributed by atoms with Crippen molar-refractivity contribution in [2.24, 2.45) is 11.8 Å². The lowest BCUT2D eigenvalue weighted by molar-refractivity contribution is -0.167. The number of benzene rings is 2. The molecule has 18 nitrogen and oxygen atoms in total. The Hall–Kier alpha value is -7.18. The van der Waals surface area contributed by atoms with Gasteiger partial charge in [-0.25, -0.2) is 0 Å². The zero-order valence-corrected chi connectivity index (χ0v) is 36.2. The van der Waals surface area contributed by atoms with Gasteiger partial charge in [0.25, 0.3) is 11.8 Å². The second kappa shape index (κ2) is 21.7. The number of ketones is 2. The number of carbonyl (C=O) groups is 8. The number of rotatable bonds is 14. The Labute approximate surface area is 379 Å². The highest BCUT2D eigenvalue weighted by atomic mass is 16.7. The van der Waals surface area contributed by atoms with Crippen LogP contribution in [0.25, 0.3) is 21.5 Å². The van der Waals surface area contributed by atoms with Crippen LogP contribution in [-0.2, 0) is 43.0 Å². The maximum atomic E-state index is 13.2. The molecule has 4 aliphatic heterocycles. The van der Waals surface area contributed by atoms with Crippen LogP contribution in [0.5, 0.6) is 0 Å². The van der Waals surface area contributed by atoms with E-state index in [4.69, 9.17) is 9.47 Å². The van der Waals surface area contributed by atoms with Gasteiger partial charge in [0.1, 0.15) is 23.5 Å². The van der Waals surface area contributed by atoms with Crippen molar-refractivity contribution in [2.75, 3.05) is 32.8 Å². The molecule has 0 saturated carbocycles. The molecule has 0 radical (unpaired) electrons. The largest absolute Gasteiger partial charge is 0.436 e. The Morgan fingerprint density at radius 2 is 1.14 bits per heavy atom. The van der Waals surface area contributed by atoms with Crippen LogP contribution in [-0.4, -0.2) is 129 Å². The molecule has 3 N–H and O–H groups in total. The van der Waals surface area contributed by atoms with Gasteiger partial charge in [-0.1, -0.05) is 72.8 Å². The fourth-order valence-electron chi connectivity index (χ4n) is 8.26. The monoisotopic (exact) mass is 902 g/mol. The SMILES string of the molecule is CCOC1OC(=O)C[C@@H]1CC(=O)CN1CC=CC[C@H](NC(=O)c2nccc3ccccc23)C1=O.O=C(C[C@H]1CC(=O)OC1O)CN1CC=CC[C@H](NC(=O)c2nccc3ccccc23)C1=O. The molecule has 0 bridgehead atoms. The lowest BCUT2D eigenvalue weighted by atomic mass is 9.99. The number of hydrogen-bond acceptors (Lipinski definition) is 14. The predicted molar refractivity (Wildman–Crippen MR) is 236 cm³/mol. The average Bonchev–Trinajstić information content (AvgIpc) is 3.69. The van der Waals surface area contributed by atoms with Crippen LogP contribution < -0.4 is 10.6 Å². The van der Waals surface area contributed by atoms with E-state index in [2.05, 4.69) is 25.3 Å². The number of hydrogen-bond donors (Lipinski definition) is 3. The topological polar surface area (TPSA) is 241 Å². The molecule has 2 fully saturated rings. The Kier molecular flexibility index (Phi) is 15.4. The maximum absolute atomic E-state index is 13.2. The molecular formula is C48H50N6O12. The number of nitrogens with one attached hydrogen (secondary N) is 2. The van der Waals surface area contributed by atoms with Gasteiger partial charge in [-0.05, 0) is 42.7 Å². The van der Waals surface area contributed by atoms with Crippen molar-refractivity contribution in [3.8, 4) is 0 Å². The molecule has 6 atom stereocenters. The minimum absolute atomic E-state index is 0.0303. The van der Waals surface area contributed by atoms with Crippen molar-refractivity contribution >= 4 is 68.7 Å². The van der Waals surface area contributed by atoms with E-state index >= 15 is 0 Å². The summed E-state index contributed by atoms with van der Waals surface area (Å²) in [5.41, 5.74) is 0.473. The highest BCUT2D eigenvalue weighted by molar-refractivity contribution is 6.07. The fraction of sp³-hybridized carbons (Fsp3) is 0.375. The second-order valence-corrected chi connectivity index (χ2v) is 16.3. The van der Waals surface area contributed by atoms with E-state index in [9.17, 15) is 43.5 Å². The van der Waals surface area contributed by atoms with E-state index in [1.165, 1.54) is 9.80 Å². The second-order valence-electron chi connectivity index (χ2n) is 16.3. The van der Waals surface area contributed by atoms with E-state index in [1.807, 2.05) is 54.6 Å². The number of Topliss-reactive ketones (excluding diaryl/α,β-unsaturated/α-hetero) is 2. The number of cyclic esters (lactones) is 2. The molecule has 66 heavy (non-hydrogen) atoms. The summed E-state index contributed by atoms with van der Waals surface area (Å²) in [6, 6.07) is 16.7. The molecule has 6 heterocycles. The number of pyridine rings is 2. The van der Waals surface area contributed by atoms with Gasteiger partial charge in [0.05, 0.1) is 25.9 Å². The molecule has 2 saturated heterocycles. The van der Waals surface area contributed by atoms with Gasteiger partial charge < -0.3 is 39.8 Å². The van der Waals surface area contributed by atoms with Gasteiger partial charge in [0, 0.05) is 67.5 Å². The van der Waals surface area contributed by atoms with E-state index in [1.54, 1.807) is 49.7 Å². The third-order valence-corrected chi connectivity index (χ3v) is 11.5. The first kappa shape index (κ1) is 46.8. The molecular weight excluding hydrogens is 853 g/mol. The lowest BCUT2D eigenvalue weighted by Crippen LogP contribution is -2.49. The fourth-order valence-corrected chi connectivity index (χ4v) is 8.26. The highest BCUT2D eigenvalue weighted by Crippen LogP contribution is 2.27. The van der Waals surface area contributed by atoms with E-state index < -0.39 is 54.3 Å². The van der Waals surface area contributed by atoms with Crippen molar-refractivity contribution in [2.45, 2.75) is 70.1 Å². The summed E-state index contributed by atoms with van der Waals surface area (Å²) in [6.45, 7) is 2.34. The first-order valence-electron chi connectivity index (χ1n) is 21.8. The number of aliphatic hydroxyl groups is 1. The van der Waals surface area contributed by atoms with Crippen molar-refractivity contribution in [3.63, 3.8) is 0 Å². The molecule has 4 amide bonds. The van der Waals surface area contributed by atoms with Crippen LogP contribution in [0.4, 0.5) is 0 Å². The Balaban J connectivity index is 0.000000197. The molecule has 344 valence electrons. The average molecular weight is 903 g/mol. The molecule has 8 rings (SSSR count). The maximum Gasteiger partial charge on any atom is 0.308 e. The summed E-state index contributed by atoms with van der Waals surface area (Å²) in [7, 11) is 0. The predicted octanol–water partition coefficient (Wildman–Crippen LogP) is 2.97. The van der Waals surface area contributed by atoms with Crippen molar-refractivity contribution < 1.29 is 57.7 Å². The van der Waals surface area contributed by atoms with E-state index in [0.717, 1.165) is 10.8 Å². The Morgan fingerprint density at radius 1 is 0.667 bits per heavy atom. The van der Waals surface area contributed by atoms with E-state index in [-0.39, 0.29) is 92.5 Å². The first-order valence-corrected chi connectivity index (χ1v) is 21.8. The van der Waals surface area contributed by atoms with Crippen molar-refractivity contribution in [1.29, 1.82) is 0 Å². The zero-order valence-electron chi connectivity index (χ0n) is 36.2. The smallest absolute Gasteiger partial charge is 0.308 e. The minimum atomic E-state index is -1.30. The molecule has 18 heteroatoms. The van der Waals surface area contributed by atoms with Crippen LogP contribution in [0.15, 0.2) is 97.4 Å². The molecule has 2 aromatic carbocycles. The normalized spacial score (nSPS) is 22.8. The minimum Gasteiger partial charge on any atom is -0.436 e. The number of carbonyl (C=O) groups excluding carboxylic acids is 8. The van der Waals surface area contributed by atoms with Gasteiger partial charge in [0.15, 0.2) is 11.6 Å². The molecule has 2 unspecified atom stereocenters. The molecule has 0 aliphatic carbocycles.